The van der Waals surface area contributed by atoms with Gasteiger partial charge in [0.2, 0.25) is 0 Å². The van der Waals surface area contributed by atoms with E-state index < -0.39 is 0 Å². The Labute approximate surface area is 142 Å². The smallest absolute Gasteiger partial charge is 0.0577 e. The van der Waals surface area contributed by atoms with Gasteiger partial charge in [-0.05, 0) is 67.4 Å². The third-order valence-corrected chi connectivity index (χ3v) is 4.69. The zero-order valence-corrected chi connectivity index (χ0v) is 15.5. The lowest BCUT2D eigenvalue weighted by Gasteiger charge is -2.21. The first-order chi connectivity index (χ1) is 9.42. The van der Waals surface area contributed by atoms with Gasteiger partial charge in [0.25, 0.3) is 0 Å². The molecule has 0 heterocycles. The molecule has 0 aliphatic rings. The van der Waals surface area contributed by atoms with Gasteiger partial charge in [0.15, 0.2) is 0 Å². The molecule has 4 heteroatoms. The Balaban J connectivity index is 2.55. The highest BCUT2D eigenvalue weighted by molar-refractivity contribution is 9.11. The first-order valence-corrected chi connectivity index (χ1v) is 8.28. The first kappa shape index (κ1) is 16.0. The van der Waals surface area contributed by atoms with E-state index in [1.54, 1.807) is 0 Å². The van der Waals surface area contributed by atoms with Crippen molar-refractivity contribution in [2.75, 3.05) is 7.05 Å². The molecule has 106 valence electrons. The number of aryl methyl sites for hydroxylation is 2. The minimum Gasteiger partial charge on any atom is -0.309 e. The maximum Gasteiger partial charge on any atom is 0.0577 e. The van der Waals surface area contributed by atoms with Crippen molar-refractivity contribution in [1.29, 1.82) is 0 Å². The fourth-order valence-electron chi connectivity index (χ4n) is 2.36. The summed E-state index contributed by atoms with van der Waals surface area (Å²) in [7, 11) is 1.98. The highest BCUT2D eigenvalue weighted by Crippen LogP contribution is 2.31. The van der Waals surface area contributed by atoms with Crippen LogP contribution in [-0.2, 0) is 0 Å². The minimum atomic E-state index is 0.139. The van der Waals surface area contributed by atoms with Crippen LogP contribution < -0.4 is 5.32 Å². The molecule has 0 spiro atoms. The van der Waals surface area contributed by atoms with Crippen LogP contribution in [0.5, 0.6) is 0 Å². The van der Waals surface area contributed by atoms with Crippen LogP contribution in [0.15, 0.2) is 39.3 Å². The molecule has 2 rings (SSSR count). The molecule has 0 fully saturated rings. The molecule has 20 heavy (non-hydrogen) atoms. The number of rotatable bonds is 3. The molecule has 1 atom stereocenters. The van der Waals surface area contributed by atoms with Gasteiger partial charge >= 0.3 is 0 Å². The second kappa shape index (κ2) is 6.61. The molecule has 0 bridgehead atoms. The molecule has 1 N–H and O–H groups in total. The third-order valence-electron chi connectivity index (χ3n) is 3.37. The monoisotopic (exact) mass is 415 g/mol. The number of benzene rings is 2. The summed E-state index contributed by atoms with van der Waals surface area (Å²) in [5, 5.41) is 4.21. The van der Waals surface area contributed by atoms with Crippen LogP contribution in [0.25, 0.3) is 0 Å². The van der Waals surface area contributed by atoms with Crippen LogP contribution in [0.3, 0.4) is 0 Å². The van der Waals surface area contributed by atoms with Gasteiger partial charge in [0, 0.05) is 14.0 Å². The molecule has 2 aromatic carbocycles. The van der Waals surface area contributed by atoms with E-state index in [1.807, 2.05) is 26.1 Å². The number of nitrogens with one attached hydrogen (secondary N) is 1. The summed E-state index contributed by atoms with van der Waals surface area (Å²) < 4.78 is 2.12. The molecule has 0 saturated heterocycles. The van der Waals surface area contributed by atoms with Gasteiger partial charge in [-0.15, -0.1) is 0 Å². The van der Waals surface area contributed by atoms with Crippen molar-refractivity contribution >= 4 is 43.5 Å². The summed E-state index contributed by atoms with van der Waals surface area (Å²) >= 11 is 13.3. The van der Waals surface area contributed by atoms with Crippen LogP contribution in [0.2, 0.25) is 5.02 Å². The van der Waals surface area contributed by atoms with Crippen LogP contribution in [-0.4, -0.2) is 7.05 Å². The zero-order valence-electron chi connectivity index (χ0n) is 11.6. The SMILES string of the molecule is CNC(c1cc(Br)cc(Br)c1)c1cc(C)c(Cl)cc1C. The predicted octanol–water partition coefficient (Wildman–Crippen LogP) is 5.79. The molecule has 0 amide bonds. The average molecular weight is 418 g/mol. The highest BCUT2D eigenvalue weighted by atomic mass is 79.9. The van der Waals surface area contributed by atoms with Crippen LogP contribution in [0.1, 0.15) is 28.3 Å². The molecular formula is C16H16Br2ClN. The van der Waals surface area contributed by atoms with Crippen LogP contribution >= 0.6 is 43.5 Å². The van der Waals surface area contributed by atoms with Gasteiger partial charge in [0.05, 0.1) is 6.04 Å². The minimum absolute atomic E-state index is 0.139. The van der Waals surface area contributed by atoms with Gasteiger partial charge in [-0.1, -0.05) is 49.5 Å². The normalized spacial score (nSPS) is 12.5. The topological polar surface area (TPSA) is 12.0 Å². The zero-order chi connectivity index (χ0) is 14.9. The Kier molecular flexibility index (Phi) is 5.30. The van der Waals surface area contributed by atoms with Crippen molar-refractivity contribution in [2.24, 2.45) is 0 Å². The molecule has 1 nitrogen and oxygen atoms in total. The summed E-state index contributed by atoms with van der Waals surface area (Å²) in [6.45, 7) is 4.13. The van der Waals surface area contributed by atoms with Gasteiger partial charge in [-0.2, -0.15) is 0 Å². The third kappa shape index (κ3) is 3.45. The Morgan fingerprint density at radius 3 is 2.10 bits per heavy atom. The van der Waals surface area contributed by atoms with Crippen molar-refractivity contribution in [3.05, 3.63) is 66.6 Å². The van der Waals surface area contributed by atoms with Crippen LogP contribution in [0.4, 0.5) is 0 Å². The van der Waals surface area contributed by atoms with E-state index in [4.69, 9.17) is 11.6 Å². The summed E-state index contributed by atoms with van der Waals surface area (Å²) in [5.74, 6) is 0. The van der Waals surface area contributed by atoms with E-state index in [0.29, 0.717) is 0 Å². The molecule has 0 saturated carbocycles. The second-order valence-electron chi connectivity index (χ2n) is 4.88. The van der Waals surface area contributed by atoms with Crippen molar-refractivity contribution in [2.45, 2.75) is 19.9 Å². The Bertz CT molecular complexity index is 620. The van der Waals surface area contributed by atoms with Gasteiger partial charge in [-0.25, -0.2) is 0 Å². The standard InChI is InChI=1S/C16H16Br2ClN/c1-9-5-15(19)10(2)4-14(9)16(20-3)11-6-12(17)8-13(18)7-11/h4-8,16,20H,1-3H3. The molecule has 0 aliphatic heterocycles. The fourth-order valence-corrected chi connectivity index (χ4v) is 3.91. The number of hydrogen-bond acceptors (Lipinski definition) is 1. The molecule has 0 aromatic heterocycles. The van der Waals surface area contributed by atoms with Crippen LogP contribution in [0, 0.1) is 13.8 Å². The van der Waals surface area contributed by atoms with Crippen molar-refractivity contribution in [1.82, 2.24) is 5.32 Å². The second-order valence-corrected chi connectivity index (χ2v) is 7.12. The summed E-state index contributed by atoms with van der Waals surface area (Å²) in [4.78, 5) is 0. The van der Waals surface area contributed by atoms with E-state index in [-0.39, 0.29) is 6.04 Å². The van der Waals surface area contributed by atoms with Crippen molar-refractivity contribution < 1.29 is 0 Å². The van der Waals surface area contributed by atoms with Gasteiger partial charge in [0.1, 0.15) is 0 Å². The Hall–Kier alpha value is -0.350. The van der Waals surface area contributed by atoms with E-state index in [2.05, 4.69) is 62.3 Å². The average Bonchev–Trinajstić information content (AvgIpc) is 2.35. The Morgan fingerprint density at radius 2 is 1.55 bits per heavy atom. The van der Waals surface area contributed by atoms with E-state index >= 15 is 0 Å². The van der Waals surface area contributed by atoms with E-state index in [1.165, 1.54) is 16.7 Å². The van der Waals surface area contributed by atoms with Crippen molar-refractivity contribution in [3.63, 3.8) is 0 Å². The molecular weight excluding hydrogens is 401 g/mol. The lowest BCUT2D eigenvalue weighted by Crippen LogP contribution is -2.19. The fraction of sp³-hybridized carbons (Fsp3) is 0.250. The quantitative estimate of drug-likeness (QED) is 0.666. The van der Waals surface area contributed by atoms with Crippen molar-refractivity contribution in [3.8, 4) is 0 Å². The highest BCUT2D eigenvalue weighted by Gasteiger charge is 2.16. The summed E-state index contributed by atoms with van der Waals surface area (Å²) in [5.41, 5.74) is 4.75. The lowest BCUT2D eigenvalue weighted by molar-refractivity contribution is 0.686. The van der Waals surface area contributed by atoms with Gasteiger partial charge in [-0.3, -0.25) is 0 Å². The van der Waals surface area contributed by atoms with E-state index in [9.17, 15) is 0 Å². The van der Waals surface area contributed by atoms with E-state index in [0.717, 1.165) is 19.5 Å². The first-order valence-electron chi connectivity index (χ1n) is 6.32. The largest absolute Gasteiger partial charge is 0.309 e. The molecule has 2 aromatic rings. The number of hydrogen-bond donors (Lipinski definition) is 1. The predicted molar refractivity (Wildman–Crippen MR) is 93.7 cm³/mol. The molecule has 1 unspecified atom stereocenters. The number of halogens is 3. The van der Waals surface area contributed by atoms with Gasteiger partial charge < -0.3 is 5.32 Å². The lowest BCUT2D eigenvalue weighted by atomic mass is 9.93. The molecule has 0 radical (unpaired) electrons. The maximum absolute atomic E-state index is 6.19. The Morgan fingerprint density at radius 1 is 0.950 bits per heavy atom. The summed E-state index contributed by atoms with van der Waals surface area (Å²) in [6.07, 6.45) is 0. The molecule has 0 aliphatic carbocycles. The maximum atomic E-state index is 6.19. The summed E-state index contributed by atoms with van der Waals surface area (Å²) in [6, 6.07) is 10.6.